The van der Waals surface area contributed by atoms with Crippen LogP contribution in [0.5, 0.6) is 5.75 Å². The van der Waals surface area contributed by atoms with Crippen LogP contribution in [0.1, 0.15) is 35.7 Å². The molecule has 0 radical (unpaired) electrons. The van der Waals surface area contributed by atoms with E-state index in [2.05, 4.69) is 11.4 Å². The highest BCUT2D eigenvalue weighted by molar-refractivity contribution is 5.96. The quantitative estimate of drug-likeness (QED) is 0.823. The van der Waals surface area contributed by atoms with Crippen LogP contribution >= 0.6 is 0 Å². The smallest absolute Gasteiger partial charge is 0.322 e. The maximum absolute atomic E-state index is 12.7. The number of Topliss-reactive ketones (excluding diaryl/α,β-unsaturated/α-hetero) is 1. The summed E-state index contributed by atoms with van der Waals surface area (Å²) in [7, 11) is 1.66. The molecule has 1 heterocycles. The van der Waals surface area contributed by atoms with Gasteiger partial charge in [0.2, 0.25) is 0 Å². The standard InChI is InChI=1S/C21H24N2O3/c1-15(24)17-7-4-8-18(14-17)22-21(25)23-11-5-9-19(23)12-16-6-3-10-20(13-16)26-2/h3-4,6-8,10,13-14,19H,5,9,11-12H2,1-2H3,(H,22,25). The molecule has 0 bridgehead atoms. The highest BCUT2D eigenvalue weighted by atomic mass is 16.5. The number of anilines is 1. The zero-order valence-electron chi connectivity index (χ0n) is 15.2. The number of hydrogen-bond donors (Lipinski definition) is 1. The summed E-state index contributed by atoms with van der Waals surface area (Å²) in [5.41, 5.74) is 2.40. The number of hydrogen-bond acceptors (Lipinski definition) is 3. The molecule has 3 rings (SSSR count). The van der Waals surface area contributed by atoms with Gasteiger partial charge in [0.05, 0.1) is 7.11 Å². The molecule has 5 nitrogen and oxygen atoms in total. The average Bonchev–Trinajstić information content (AvgIpc) is 3.10. The predicted molar refractivity (Wildman–Crippen MR) is 102 cm³/mol. The Kier molecular flexibility index (Phi) is 5.56. The van der Waals surface area contributed by atoms with Gasteiger partial charge in [-0.15, -0.1) is 0 Å². The molecule has 1 aliphatic heterocycles. The maximum atomic E-state index is 12.7. The summed E-state index contributed by atoms with van der Waals surface area (Å²) in [6, 6.07) is 15.1. The number of carbonyl (C=O) groups is 2. The van der Waals surface area contributed by atoms with Crippen LogP contribution in [-0.2, 0) is 6.42 Å². The molecule has 1 N–H and O–H groups in total. The zero-order chi connectivity index (χ0) is 18.5. The third-order valence-electron chi connectivity index (χ3n) is 4.76. The van der Waals surface area contributed by atoms with Gasteiger partial charge in [-0.25, -0.2) is 4.79 Å². The summed E-state index contributed by atoms with van der Waals surface area (Å²) >= 11 is 0. The van der Waals surface area contributed by atoms with Crippen molar-refractivity contribution in [2.45, 2.75) is 32.2 Å². The number of nitrogens with one attached hydrogen (secondary N) is 1. The number of amides is 2. The Morgan fingerprint density at radius 3 is 2.77 bits per heavy atom. The second kappa shape index (κ2) is 8.04. The van der Waals surface area contributed by atoms with E-state index in [4.69, 9.17) is 4.74 Å². The lowest BCUT2D eigenvalue weighted by Gasteiger charge is -2.25. The highest BCUT2D eigenvalue weighted by Crippen LogP contribution is 2.24. The van der Waals surface area contributed by atoms with E-state index in [0.717, 1.165) is 37.1 Å². The molecule has 136 valence electrons. The van der Waals surface area contributed by atoms with E-state index >= 15 is 0 Å². The summed E-state index contributed by atoms with van der Waals surface area (Å²) in [5, 5.41) is 2.93. The van der Waals surface area contributed by atoms with Crippen molar-refractivity contribution in [1.29, 1.82) is 0 Å². The van der Waals surface area contributed by atoms with Gasteiger partial charge in [0.25, 0.3) is 0 Å². The molecular formula is C21H24N2O3. The van der Waals surface area contributed by atoms with E-state index in [1.165, 1.54) is 6.92 Å². The number of nitrogens with zero attached hydrogens (tertiary/aromatic N) is 1. The minimum atomic E-state index is -0.115. The van der Waals surface area contributed by atoms with Crippen LogP contribution in [0, 0.1) is 0 Å². The van der Waals surface area contributed by atoms with Crippen LogP contribution in [0.15, 0.2) is 48.5 Å². The minimum Gasteiger partial charge on any atom is -0.497 e. The number of ketones is 1. The van der Waals surface area contributed by atoms with E-state index in [9.17, 15) is 9.59 Å². The molecule has 0 aliphatic carbocycles. The zero-order valence-corrected chi connectivity index (χ0v) is 15.2. The summed E-state index contributed by atoms with van der Waals surface area (Å²) < 4.78 is 5.28. The van der Waals surface area contributed by atoms with Gasteiger partial charge in [0, 0.05) is 23.8 Å². The molecule has 1 atom stereocenters. The first kappa shape index (κ1) is 18.0. The molecule has 0 aromatic heterocycles. The van der Waals surface area contributed by atoms with Gasteiger partial charge < -0.3 is 15.0 Å². The van der Waals surface area contributed by atoms with E-state index < -0.39 is 0 Å². The van der Waals surface area contributed by atoms with Crippen molar-refractivity contribution >= 4 is 17.5 Å². The first-order valence-electron chi connectivity index (χ1n) is 8.88. The van der Waals surface area contributed by atoms with E-state index in [-0.39, 0.29) is 17.9 Å². The van der Waals surface area contributed by atoms with E-state index in [0.29, 0.717) is 11.3 Å². The molecule has 1 aliphatic rings. The Morgan fingerprint density at radius 2 is 2.00 bits per heavy atom. The Bertz CT molecular complexity index is 803. The minimum absolute atomic E-state index is 0.0156. The monoisotopic (exact) mass is 352 g/mol. The number of methoxy groups -OCH3 is 1. The molecule has 1 saturated heterocycles. The lowest BCUT2D eigenvalue weighted by atomic mass is 10.0. The number of urea groups is 1. The normalized spacial score (nSPS) is 16.4. The van der Waals surface area contributed by atoms with Crippen molar-refractivity contribution < 1.29 is 14.3 Å². The summed E-state index contributed by atoms with van der Waals surface area (Å²) in [4.78, 5) is 26.1. The number of likely N-dealkylation sites (tertiary alicyclic amines) is 1. The van der Waals surface area contributed by atoms with Crippen molar-refractivity contribution in [3.63, 3.8) is 0 Å². The van der Waals surface area contributed by atoms with Crippen molar-refractivity contribution in [2.24, 2.45) is 0 Å². The molecular weight excluding hydrogens is 328 g/mol. The second-order valence-electron chi connectivity index (χ2n) is 6.61. The Hall–Kier alpha value is -2.82. The van der Waals surface area contributed by atoms with Crippen LogP contribution in [-0.4, -0.2) is 36.4 Å². The van der Waals surface area contributed by atoms with Gasteiger partial charge in [-0.1, -0.05) is 24.3 Å². The topological polar surface area (TPSA) is 58.6 Å². The SMILES string of the molecule is COc1cccc(CC2CCCN2C(=O)Nc2cccc(C(C)=O)c2)c1. The predicted octanol–water partition coefficient (Wildman–Crippen LogP) is 4.14. The Labute approximate surface area is 154 Å². The largest absolute Gasteiger partial charge is 0.497 e. The molecule has 0 saturated carbocycles. The van der Waals surface area contributed by atoms with Crippen LogP contribution in [0.3, 0.4) is 0 Å². The van der Waals surface area contributed by atoms with E-state index in [1.807, 2.05) is 23.1 Å². The molecule has 1 fully saturated rings. The van der Waals surface area contributed by atoms with Crippen LogP contribution in [0.25, 0.3) is 0 Å². The van der Waals surface area contributed by atoms with E-state index in [1.54, 1.807) is 31.4 Å². The molecule has 2 aromatic carbocycles. The highest BCUT2D eigenvalue weighted by Gasteiger charge is 2.29. The molecule has 26 heavy (non-hydrogen) atoms. The maximum Gasteiger partial charge on any atom is 0.322 e. The summed E-state index contributed by atoms with van der Waals surface area (Å²) in [6.45, 7) is 2.26. The number of benzene rings is 2. The fourth-order valence-electron chi connectivity index (χ4n) is 3.40. The number of ether oxygens (including phenoxy) is 1. The van der Waals surface area contributed by atoms with Gasteiger partial charge in [-0.05, 0) is 56.0 Å². The van der Waals surface area contributed by atoms with Gasteiger partial charge >= 0.3 is 6.03 Å². The molecule has 5 heteroatoms. The Balaban J connectivity index is 1.68. The molecule has 1 unspecified atom stereocenters. The third kappa shape index (κ3) is 4.23. The molecule has 0 spiro atoms. The first-order valence-corrected chi connectivity index (χ1v) is 8.88. The van der Waals surface area contributed by atoms with Gasteiger partial charge in [-0.2, -0.15) is 0 Å². The molecule has 2 aromatic rings. The van der Waals surface area contributed by atoms with Crippen LogP contribution in [0.4, 0.5) is 10.5 Å². The van der Waals surface area contributed by atoms with Crippen LogP contribution in [0.2, 0.25) is 0 Å². The van der Waals surface area contributed by atoms with Crippen molar-refractivity contribution in [1.82, 2.24) is 4.90 Å². The van der Waals surface area contributed by atoms with Gasteiger partial charge in [0.15, 0.2) is 5.78 Å². The van der Waals surface area contributed by atoms with Crippen molar-refractivity contribution in [3.05, 3.63) is 59.7 Å². The van der Waals surface area contributed by atoms with Crippen molar-refractivity contribution in [3.8, 4) is 5.75 Å². The number of rotatable bonds is 5. The van der Waals surface area contributed by atoms with Gasteiger partial charge in [0.1, 0.15) is 5.75 Å². The average molecular weight is 352 g/mol. The van der Waals surface area contributed by atoms with Crippen LogP contribution < -0.4 is 10.1 Å². The third-order valence-corrected chi connectivity index (χ3v) is 4.76. The van der Waals surface area contributed by atoms with Gasteiger partial charge in [-0.3, -0.25) is 4.79 Å². The fraction of sp³-hybridized carbons (Fsp3) is 0.333. The van der Waals surface area contributed by atoms with Crippen molar-refractivity contribution in [2.75, 3.05) is 19.0 Å². The lowest BCUT2D eigenvalue weighted by molar-refractivity contribution is 0.101. The Morgan fingerprint density at radius 1 is 1.19 bits per heavy atom. The second-order valence-corrected chi connectivity index (χ2v) is 6.61. The summed E-state index contributed by atoms with van der Waals surface area (Å²) in [5.74, 6) is 0.815. The number of carbonyl (C=O) groups excluding carboxylic acids is 2. The lowest BCUT2D eigenvalue weighted by Crippen LogP contribution is -2.39. The fourth-order valence-corrected chi connectivity index (χ4v) is 3.40. The first-order chi connectivity index (χ1) is 12.6. The molecule has 2 amide bonds. The summed E-state index contributed by atoms with van der Waals surface area (Å²) in [6.07, 6.45) is 2.78.